The number of carbonyl (C=O) groups is 1. The molecule has 1 saturated heterocycles. The lowest BCUT2D eigenvalue weighted by Crippen LogP contribution is -2.24. The molecule has 8 heteroatoms. The van der Waals surface area contributed by atoms with E-state index in [0.29, 0.717) is 18.9 Å². The van der Waals surface area contributed by atoms with Gasteiger partial charge in [-0.2, -0.15) is 0 Å². The van der Waals surface area contributed by atoms with Gasteiger partial charge in [0.1, 0.15) is 12.0 Å². The van der Waals surface area contributed by atoms with Crippen LogP contribution in [0.15, 0.2) is 12.3 Å². The second-order valence-electron chi connectivity index (χ2n) is 4.58. The first kappa shape index (κ1) is 13.5. The molecule has 102 valence electrons. The fraction of sp³-hybridized carbons (Fsp3) is 0.455. The van der Waals surface area contributed by atoms with Crippen molar-refractivity contribution in [2.24, 2.45) is 11.8 Å². The number of hydrogen-bond donors (Lipinski definition) is 1. The third-order valence-electron chi connectivity index (χ3n) is 3.25. The summed E-state index contributed by atoms with van der Waals surface area (Å²) in [5.74, 6) is -0.963. The van der Waals surface area contributed by atoms with Crippen LogP contribution in [0.4, 0.5) is 11.5 Å². The van der Waals surface area contributed by atoms with Gasteiger partial charge in [0.05, 0.1) is 15.9 Å². The smallest absolute Gasteiger partial charge is 0.308 e. The highest BCUT2D eigenvalue weighted by Crippen LogP contribution is 2.33. The third-order valence-corrected chi connectivity index (χ3v) is 3.53. The van der Waals surface area contributed by atoms with Crippen LogP contribution in [0.3, 0.4) is 0 Å². The molecule has 0 spiro atoms. The molecule has 1 aromatic rings. The summed E-state index contributed by atoms with van der Waals surface area (Å²) in [4.78, 5) is 26.8. The molecule has 1 aliphatic heterocycles. The molecule has 2 heterocycles. The van der Waals surface area contributed by atoms with Crippen molar-refractivity contribution < 1.29 is 14.8 Å². The largest absolute Gasteiger partial charge is 0.481 e. The maximum absolute atomic E-state index is 11.0. The molecule has 19 heavy (non-hydrogen) atoms. The van der Waals surface area contributed by atoms with Crippen LogP contribution in [-0.4, -0.2) is 34.1 Å². The molecule has 1 aliphatic rings. The number of nitro groups is 1. The Morgan fingerprint density at radius 3 is 2.79 bits per heavy atom. The quantitative estimate of drug-likeness (QED) is 0.672. The van der Waals surface area contributed by atoms with Crippen LogP contribution in [0.2, 0.25) is 5.02 Å². The zero-order valence-corrected chi connectivity index (χ0v) is 10.9. The number of anilines is 1. The van der Waals surface area contributed by atoms with E-state index in [0.717, 1.165) is 6.20 Å². The molecule has 0 unspecified atom stereocenters. The molecule has 2 rings (SSSR count). The summed E-state index contributed by atoms with van der Waals surface area (Å²) in [5.41, 5.74) is -0.184. The van der Waals surface area contributed by atoms with Crippen molar-refractivity contribution in [2.75, 3.05) is 18.0 Å². The minimum Gasteiger partial charge on any atom is -0.481 e. The maximum Gasteiger partial charge on any atom is 0.308 e. The fourth-order valence-electron chi connectivity index (χ4n) is 2.21. The van der Waals surface area contributed by atoms with Crippen molar-refractivity contribution >= 4 is 29.1 Å². The van der Waals surface area contributed by atoms with Gasteiger partial charge in [-0.3, -0.25) is 14.9 Å². The molecule has 0 bridgehead atoms. The number of rotatable bonds is 3. The van der Waals surface area contributed by atoms with E-state index in [1.54, 1.807) is 4.90 Å². The molecule has 0 amide bonds. The van der Waals surface area contributed by atoms with E-state index >= 15 is 0 Å². The van der Waals surface area contributed by atoms with Crippen LogP contribution < -0.4 is 4.90 Å². The van der Waals surface area contributed by atoms with Crippen LogP contribution in [0.1, 0.15) is 6.92 Å². The lowest BCUT2D eigenvalue weighted by molar-refractivity contribution is -0.385. The van der Waals surface area contributed by atoms with E-state index in [-0.39, 0.29) is 16.6 Å². The highest BCUT2D eigenvalue weighted by Gasteiger charge is 2.36. The second kappa shape index (κ2) is 5.00. The van der Waals surface area contributed by atoms with E-state index in [4.69, 9.17) is 16.7 Å². The first-order valence-corrected chi connectivity index (χ1v) is 6.05. The Balaban J connectivity index is 2.24. The summed E-state index contributed by atoms with van der Waals surface area (Å²) < 4.78 is 0. The van der Waals surface area contributed by atoms with Crippen LogP contribution in [-0.2, 0) is 4.79 Å². The Bertz CT molecular complexity index is 537. The normalized spacial score (nSPS) is 22.5. The lowest BCUT2D eigenvalue weighted by Gasteiger charge is -2.17. The number of aliphatic carboxylic acids is 1. The first-order chi connectivity index (χ1) is 8.90. The maximum atomic E-state index is 11.0. The number of carboxylic acids is 1. The van der Waals surface area contributed by atoms with Gasteiger partial charge in [-0.1, -0.05) is 18.5 Å². The van der Waals surface area contributed by atoms with E-state index in [1.165, 1.54) is 6.07 Å². The highest BCUT2D eigenvalue weighted by atomic mass is 35.5. The summed E-state index contributed by atoms with van der Waals surface area (Å²) >= 11 is 5.97. The predicted molar refractivity (Wildman–Crippen MR) is 68.4 cm³/mol. The van der Waals surface area contributed by atoms with E-state index in [2.05, 4.69) is 4.98 Å². The lowest BCUT2D eigenvalue weighted by atomic mass is 9.99. The summed E-state index contributed by atoms with van der Waals surface area (Å²) in [6.07, 6.45) is 1.12. The Morgan fingerprint density at radius 1 is 1.63 bits per heavy atom. The number of hydrogen-bond acceptors (Lipinski definition) is 5. The average Bonchev–Trinajstić information content (AvgIpc) is 2.71. The Labute approximate surface area is 114 Å². The van der Waals surface area contributed by atoms with Crippen LogP contribution in [0.25, 0.3) is 0 Å². The standard InChI is InChI=1S/C11H12ClN3O4/c1-6-4-14(5-8(6)11(16)17)10-9(12)2-7(3-13-10)15(18)19/h2-3,6,8H,4-5H2,1H3,(H,16,17)/t6-,8-/m1/s1. The molecule has 0 radical (unpaired) electrons. The van der Waals surface area contributed by atoms with Crippen molar-refractivity contribution in [2.45, 2.75) is 6.92 Å². The summed E-state index contributed by atoms with van der Waals surface area (Å²) in [6.45, 7) is 2.67. The number of halogens is 1. The molecule has 0 aliphatic carbocycles. The molecule has 2 atom stereocenters. The molecule has 7 nitrogen and oxygen atoms in total. The second-order valence-corrected chi connectivity index (χ2v) is 4.99. The van der Waals surface area contributed by atoms with Crippen molar-refractivity contribution in [3.8, 4) is 0 Å². The fourth-order valence-corrected chi connectivity index (χ4v) is 2.49. The van der Waals surface area contributed by atoms with Gasteiger partial charge in [0.15, 0.2) is 0 Å². The molecular formula is C11H12ClN3O4. The van der Waals surface area contributed by atoms with Gasteiger partial charge < -0.3 is 10.0 Å². The number of carboxylic acid groups (broad SMARTS) is 1. The summed E-state index contributed by atoms with van der Waals surface area (Å²) in [6, 6.07) is 1.22. The predicted octanol–water partition coefficient (Wildman–Crippen LogP) is 1.80. The first-order valence-electron chi connectivity index (χ1n) is 5.68. The summed E-state index contributed by atoms with van der Waals surface area (Å²) in [7, 11) is 0. The van der Waals surface area contributed by atoms with Gasteiger partial charge in [0, 0.05) is 19.2 Å². The number of nitrogens with zero attached hydrogens (tertiary/aromatic N) is 3. The molecule has 0 aromatic carbocycles. The van der Waals surface area contributed by atoms with Crippen molar-refractivity contribution in [3.63, 3.8) is 0 Å². The van der Waals surface area contributed by atoms with E-state index in [9.17, 15) is 14.9 Å². The van der Waals surface area contributed by atoms with Gasteiger partial charge in [0.2, 0.25) is 0 Å². The van der Waals surface area contributed by atoms with Gasteiger partial charge in [0.25, 0.3) is 5.69 Å². The van der Waals surface area contributed by atoms with Crippen LogP contribution >= 0.6 is 11.6 Å². The van der Waals surface area contributed by atoms with Gasteiger partial charge in [-0.05, 0) is 5.92 Å². The van der Waals surface area contributed by atoms with Crippen molar-refractivity contribution in [1.82, 2.24) is 4.98 Å². The SMILES string of the molecule is C[C@@H]1CN(c2ncc([N+](=O)[O-])cc2Cl)C[C@H]1C(=O)O. The molecular weight excluding hydrogens is 274 g/mol. The average molecular weight is 286 g/mol. The number of aromatic nitrogens is 1. The highest BCUT2D eigenvalue weighted by molar-refractivity contribution is 6.33. The monoisotopic (exact) mass is 285 g/mol. The van der Waals surface area contributed by atoms with E-state index < -0.39 is 16.8 Å². The van der Waals surface area contributed by atoms with Gasteiger partial charge in [-0.15, -0.1) is 0 Å². The Morgan fingerprint density at radius 2 is 2.32 bits per heavy atom. The van der Waals surface area contributed by atoms with E-state index in [1.807, 2.05) is 6.92 Å². The van der Waals surface area contributed by atoms with Gasteiger partial charge in [-0.25, -0.2) is 4.98 Å². The Kier molecular flexibility index (Phi) is 3.57. The molecule has 1 aromatic heterocycles. The minimum absolute atomic E-state index is 0.0226. The summed E-state index contributed by atoms with van der Waals surface area (Å²) in [5, 5.41) is 19.8. The Hall–Kier alpha value is -1.89. The van der Waals surface area contributed by atoms with Crippen molar-refractivity contribution in [1.29, 1.82) is 0 Å². The van der Waals surface area contributed by atoms with Crippen LogP contribution in [0, 0.1) is 22.0 Å². The molecule has 1 fully saturated rings. The zero-order chi connectivity index (χ0) is 14.2. The molecule has 1 N–H and O–H groups in total. The minimum atomic E-state index is -0.854. The van der Waals surface area contributed by atoms with Gasteiger partial charge >= 0.3 is 5.97 Å². The molecule has 0 saturated carbocycles. The third kappa shape index (κ3) is 2.60. The van der Waals surface area contributed by atoms with Crippen molar-refractivity contribution in [3.05, 3.63) is 27.4 Å². The zero-order valence-electron chi connectivity index (χ0n) is 10.1. The van der Waals surface area contributed by atoms with Crippen LogP contribution in [0.5, 0.6) is 0 Å². The number of pyridine rings is 1. The topological polar surface area (TPSA) is 96.6 Å².